The van der Waals surface area contributed by atoms with Crippen molar-refractivity contribution < 1.29 is 4.74 Å². The number of nitrogens with one attached hydrogen (secondary N) is 1. The molecule has 5 aliphatic rings. The quantitative estimate of drug-likeness (QED) is 0.769. The predicted molar refractivity (Wildman–Crippen MR) is 92.6 cm³/mol. The second-order valence-electron chi connectivity index (χ2n) is 7.28. The van der Waals surface area contributed by atoms with E-state index in [0.717, 1.165) is 64.3 Å². The van der Waals surface area contributed by atoms with Gasteiger partial charge in [0.2, 0.25) is 11.9 Å². The van der Waals surface area contributed by atoms with Crippen LogP contribution >= 0.6 is 0 Å². The van der Waals surface area contributed by atoms with Crippen LogP contribution in [0.25, 0.3) is 0 Å². The van der Waals surface area contributed by atoms with E-state index in [4.69, 9.17) is 14.7 Å². The van der Waals surface area contributed by atoms with Gasteiger partial charge in [-0.3, -0.25) is 10.3 Å². The summed E-state index contributed by atoms with van der Waals surface area (Å²) in [4.78, 5) is 14.7. The molecular formula is C17H26N6O. The summed E-state index contributed by atoms with van der Waals surface area (Å²) in [5, 5.41) is 2.13. The van der Waals surface area contributed by atoms with E-state index < -0.39 is 0 Å². The van der Waals surface area contributed by atoms with Crippen LogP contribution in [0.3, 0.4) is 0 Å². The summed E-state index contributed by atoms with van der Waals surface area (Å²) in [6, 6.07) is 0.466. The van der Waals surface area contributed by atoms with E-state index in [-0.39, 0.29) is 0 Å². The summed E-state index contributed by atoms with van der Waals surface area (Å²) in [6.07, 6.45) is 6.22. The Hall–Kier alpha value is -1.60. The van der Waals surface area contributed by atoms with Crippen LogP contribution in [0.1, 0.15) is 32.1 Å². The second kappa shape index (κ2) is 6.04. The summed E-state index contributed by atoms with van der Waals surface area (Å²) in [7, 11) is 0. The molecule has 1 atom stereocenters. The number of hydrogen-bond donors (Lipinski definition) is 1. The topological polar surface area (TPSA) is 55.7 Å². The molecular weight excluding hydrogens is 304 g/mol. The number of morpholine rings is 1. The Balaban J connectivity index is 1.36. The van der Waals surface area contributed by atoms with Gasteiger partial charge in [0, 0.05) is 26.2 Å². The molecule has 2 fully saturated rings. The number of aliphatic imine (C=N–C) groups is 2. The SMILES string of the molecule is C1CCN(C2=NC3=NC4=C(CCC4N4CCOCC4)CN3N2)CC1. The fraction of sp³-hybridized carbons (Fsp3) is 0.765. The minimum absolute atomic E-state index is 0.466. The smallest absolute Gasteiger partial charge is 0.248 e. The Morgan fingerprint density at radius 2 is 1.83 bits per heavy atom. The molecule has 0 bridgehead atoms. The van der Waals surface area contributed by atoms with Crippen molar-refractivity contribution in [2.45, 2.75) is 38.1 Å². The first kappa shape index (κ1) is 14.7. The summed E-state index contributed by atoms with van der Waals surface area (Å²) in [5.74, 6) is 1.85. The molecule has 5 rings (SSSR count). The molecule has 1 N–H and O–H groups in total. The summed E-state index contributed by atoms with van der Waals surface area (Å²) >= 11 is 0. The third-order valence-electron chi connectivity index (χ3n) is 5.79. The van der Waals surface area contributed by atoms with E-state index in [1.54, 1.807) is 0 Å². The van der Waals surface area contributed by atoms with Crippen molar-refractivity contribution in [1.29, 1.82) is 0 Å². The predicted octanol–water partition coefficient (Wildman–Crippen LogP) is 0.767. The van der Waals surface area contributed by atoms with Gasteiger partial charge >= 0.3 is 0 Å². The van der Waals surface area contributed by atoms with Gasteiger partial charge in [-0.05, 0) is 37.7 Å². The number of ether oxygens (including phenoxy) is 1. The highest BCUT2D eigenvalue weighted by Gasteiger charge is 2.38. The molecule has 1 unspecified atom stereocenters. The van der Waals surface area contributed by atoms with Crippen LogP contribution < -0.4 is 5.43 Å². The third kappa shape index (κ3) is 2.50. The molecule has 7 nitrogen and oxygen atoms in total. The van der Waals surface area contributed by atoms with Crippen molar-refractivity contribution in [3.63, 3.8) is 0 Å². The number of hydrogen-bond acceptors (Lipinski definition) is 7. The number of rotatable bonds is 1. The van der Waals surface area contributed by atoms with E-state index in [9.17, 15) is 0 Å². The summed E-state index contributed by atoms with van der Waals surface area (Å²) in [5.41, 5.74) is 6.25. The van der Waals surface area contributed by atoms with Gasteiger partial charge in [0.25, 0.3) is 0 Å². The second-order valence-corrected chi connectivity index (χ2v) is 7.28. The van der Waals surface area contributed by atoms with Gasteiger partial charge in [-0.2, -0.15) is 4.99 Å². The van der Waals surface area contributed by atoms with Crippen molar-refractivity contribution >= 4 is 11.9 Å². The Labute approximate surface area is 143 Å². The Morgan fingerprint density at radius 1 is 1.00 bits per heavy atom. The molecule has 24 heavy (non-hydrogen) atoms. The fourth-order valence-corrected chi connectivity index (χ4v) is 4.46. The molecule has 130 valence electrons. The molecule has 0 spiro atoms. The molecule has 0 radical (unpaired) electrons. The van der Waals surface area contributed by atoms with Crippen molar-refractivity contribution in [3.05, 3.63) is 11.3 Å². The van der Waals surface area contributed by atoms with Gasteiger partial charge in [-0.1, -0.05) is 0 Å². The molecule has 0 aromatic rings. The summed E-state index contributed by atoms with van der Waals surface area (Å²) in [6.45, 7) is 6.89. The van der Waals surface area contributed by atoms with Gasteiger partial charge in [0.1, 0.15) is 0 Å². The van der Waals surface area contributed by atoms with Gasteiger partial charge in [0.15, 0.2) is 0 Å². The van der Waals surface area contributed by atoms with Gasteiger partial charge in [-0.15, -0.1) is 0 Å². The van der Waals surface area contributed by atoms with Crippen LogP contribution in [-0.4, -0.2) is 78.7 Å². The van der Waals surface area contributed by atoms with Crippen LogP contribution in [0, 0.1) is 0 Å². The Kier molecular flexibility index (Phi) is 3.70. The van der Waals surface area contributed by atoms with Gasteiger partial charge in [-0.25, -0.2) is 10.0 Å². The average molecular weight is 330 g/mol. The first-order chi connectivity index (χ1) is 11.9. The molecule has 7 heteroatoms. The highest BCUT2D eigenvalue weighted by atomic mass is 16.5. The molecule has 0 amide bonds. The molecule has 0 saturated carbocycles. The first-order valence-electron chi connectivity index (χ1n) is 9.39. The number of fused-ring (bicyclic) bond motifs is 1. The van der Waals surface area contributed by atoms with Crippen LogP contribution in [0.2, 0.25) is 0 Å². The molecule has 2 saturated heterocycles. The highest BCUT2D eigenvalue weighted by Crippen LogP contribution is 2.35. The number of nitrogens with zero attached hydrogens (tertiary/aromatic N) is 5. The lowest BCUT2D eigenvalue weighted by Gasteiger charge is -2.33. The zero-order valence-electron chi connectivity index (χ0n) is 14.2. The zero-order valence-corrected chi connectivity index (χ0v) is 14.2. The lowest BCUT2D eigenvalue weighted by Crippen LogP contribution is -2.49. The molecule has 0 aromatic heterocycles. The van der Waals surface area contributed by atoms with Crippen LogP contribution in [0.5, 0.6) is 0 Å². The van der Waals surface area contributed by atoms with Gasteiger partial charge in [0.05, 0.1) is 31.5 Å². The number of hydrazine groups is 1. The minimum Gasteiger partial charge on any atom is -0.379 e. The van der Waals surface area contributed by atoms with Crippen LogP contribution in [0.4, 0.5) is 0 Å². The average Bonchev–Trinajstić information content (AvgIpc) is 3.24. The van der Waals surface area contributed by atoms with E-state index in [0.29, 0.717) is 6.04 Å². The molecule has 1 aliphatic carbocycles. The molecule has 4 aliphatic heterocycles. The van der Waals surface area contributed by atoms with E-state index in [1.165, 1.54) is 37.0 Å². The van der Waals surface area contributed by atoms with Crippen molar-refractivity contribution in [1.82, 2.24) is 20.2 Å². The Bertz CT molecular complexity index is 600. The van der Waals surface area contributed by atoms with Crippen LogP contribution in [-0.2, 0) is 4.74 Å². The zero-order chi connectivity index (χ0) is 15.9. The lowest BCUT2D eigenvalue weighted by molar-refractivity contribution is 0.0236. The monoisotopic (exact) mass is 330 g/mol. The number of piperidine rings is 1. The van der Waals surface area contributed by atoms with E-state index >= 15 is 0 Å². The first-order valence-corrected chi connectivity index (χ1v) is 9.39. The lowest BCUT2D eigenvalue weighted by atomic mass is 10.1. The fourth-order valence-electron chi connectivity index (χ4n) is 4.46. The van der Waals surface area contributed by atoms with Gasteiger partial charge < -0.3 is 9.64 Å². The van der Waals surface area contributed by atoms with E-state index in [2.05, 4.69) is 20.2 Å². The number of guanidine groups is 2. The molecule has 4 heterocycles. The van der Waals surface area contributed by atoms with Crippen molar-refractivity contribution in [3.8, 4) is 0 Å². The normalized spacial score (nSPS) is 30.8. The van der Waals surface area contributed by atoms with Crippen LogP contribution in [0.15, 0.2) is 21.3 Å². The Morgan fingerprint density at radius 3 is 2.67 bits per heavy atom. The van der Waals surface area contributed by atoms with Crippen molar-refractivity contribution in [2.75, 3.05) is 45.9 Å². The maximum absolute atomic E-state index is 5.51. The highest BCUT2D eigenvalue weighted by molar-refractivity contribution is 6.01. The maximum Gasteiger partial charge on any atom is 0.248 e. The largest absolute Gasteiger partial charge is 0.379 e. The minimum atomic E-state index is 0.466. The summed E-state index contributed by atoms with van der Waals surface area (Å²) < 4.78 is 5.51. The maximum atomic E-state index is 5.51. The number of likely N-dealkylation sites (tertiary alicyclic amines) is 1. The molecule has 0 aromatic carbocycles. The standard InChI is InChI=1S/C17H26N6O/c1-2-6-22(7-3-1)17-19-16-18-15-13(12-23(16)20-17)4-5-14(15)21-8-10-24-11-9-21/h14H,1-12H2,(H,18,19,20). The van der Waals surface area contributed by atoms with Crippen molar-refractivity contribution in [2.24, 2.45) is 9.98 Å². The third-order valence-corrected chi connectivity index (χ3v) is 5.79. The van der Waals surface area contributed by atoms with E-state index in [1.807, 2.05) is 0 Å².